The Labute approximate surface area is 115 Å². The van der Waals surface area contributed by atoms with E-state index in [0.29, 0.717) is 0 Å². The molecule has 1 nitrogen and oxygen atoms in total. The van der Waals surface area contributed by atoms with Crippen LogP contribution < -0.4 is 0 Å². The van der Waals surface area contributed by atoms with Crippen molar-refractivity contribution in [3.05, 3.63) is 51.6 Å². The van der Waals surface area contributed by atoms with E-state index >= 15 is 0 Å². The van der Waals surface area contributed by atoms with E-state index in [4.69, 9.17) is 0 Å². The Hall–Kier alpha value is -0.800. The maximum Gasteiger partial charge on any atom is 0.101 e. The van der Waals surface area contributed by atoms with Crippen molar-refractivity contribution in [2.45, 2.75) is 30.7 Å². The number of benzene rings is 1. The quantitative estimate of drug-likeness (QED) is 0.781. The molecule has 0 saturated carbocycles. The van der Waals surface area contributed by atoms with E-state index in [1.165, 1.54) is 21.6 Å². The summed E-state index contributed by atoms with van der Waals surface area (Å²) in [7, 11) is 0. The van der Waals surface area contributed by atoms with Crippen LogP contribution in [0.1, 0.15) is 16.7 Å². The highest BCUT2D eigenvalue weighted by Gasteiger charge is 2.04. The molecule has 0 aliphatic rings. The van der Waals surface area contributed by atoms with Gasteiger partial charge in [-0.25, -0.2) is 4.98 Å². The lowest BCUT2D eigenvalue weighted by Gasteiger charge is -2.07. The summed E-state index contributed by atoms with van der Waals surface area (Å²) >= 11 is 5.18. The van der Waals surface area contributed by atoms with Gasteiger partial charge in [-0.3, -0.25) is 0 Å². The van der Waals surface area contributed by atoms with Crippen LogP contribution >= 0.6 is 27.7 Å². The molecule has 1 heterocycles. The van der Waals surface area contributed by atoms with Crippen LogP contribution in [0.5, 0.6) is 0 Å². The third-order valence-electron chi connectivity index (χ3n) is 2.57. The predicted octanol–water partition coefficient (Wildman–Crippen LogP) is 4.92. The first-order valence-corrected chi connectivity index (χ1v) is 7.04. The van der Waals surface area contributed by atoms with E-state index in [1.807, 2.05) is 6.20 Å². The zero-order valence-electron chi connectivity index (χ0n) is 10.1. The summed E-state index contributed by atoms with van der Waals surface area (Å²) in [6.07, 6.45) is 1.86. The molecule has 0 saturated heterocycles. The number of pyridine rings is 1. The first-order valence-electron chi connectivity index (χ1n) is 5.43. The van der Waals surface area contributed by atoms with E-state index < -0.39 is 0 Å². The first-order chi connectivity index (χ1) is 8.06. The van der Waals surface area contributed by atoms with E-state index in [9.17, 15) is 0 Å². The van der Waals surface area contributed by atoms with Crippen LogP contribution in [0.25, 0.3) is 0 Å². The number of hydrogen-bond donors (Lipinski definition) is 0. The lowest BCUT2D eigenvalue weighted by atomic mass is 10.2. The van der Waals surface area contributed by atoms with Gasteiger partial charge in [-0.1, -0.05) is 29.5 Å². The largest absolute Gasteiger partial charge is 0.248 e. The van der Waals surface area contributed by atoms with Gasteiger partial charge in [-0.05, 0) is 60.0 Å². The van der Waals surface area contributed by atoms with Crippen LogP contribution in [0, 0.1) is 20.8 Å². The van der Waals surface area contributed by atoms with Crippen LogP contribution in [0.3, 0.4) is 0 Å². The second-order valence-electron chi connectivity index (χ2n) is 4.14. The molecule has 0 radical (unpaired) electrons. The van der Waals surface area contributed by atoms with Crippen LogP contribution in [-0.4, -0.2) is 4.98 Å². The van der Waals surface area contributed by atoms with E-state index in [-0.39, 0.29) is 0 Å². The summed E-state index contributed by atoms with van der Waals surface area (Å²) in [6, 6.07) is 8.61. The zero-order chi connectivity index (χ0) is 12.4. The number of nitrogens with zero attached hydrogens (tertiary/aromatic N) is 1. The molecular weight excluding hydrogens is 294 g/mol. The van der Waals surface area contributed by atoms with Gasteiger partial charge in [0.15, 0.2) is 0 Å². The Morgan fingerprint density at radius 2 is 1.82 bits per heavy atom. The summed E-state index contributed by atoms with van der Waals surface area (Å²) in [5.41, 5.74) is 3.82. The zero-order valence-corrected chi connectivity index (χ0v) is 12.5. The molecule has 0 fully saturated rings. The number of aromatic nitrogens is 1. The van der Waals surface area contributed by atoms with Gasteiger partial charge in [0.25, 0.3) is 0 Å². The van der Waals surface area contributed by atoms with Crippen molar-refractivity contribution in [2.75, 3.05) is 0 Å². The van der Waals surface area contributed by atoms with Gasteiger partial charge < -0.3 is 0 Å². The molecule has 0 bridgehead atoms. The SMILES string of the molecule is Cc1ccc(Sc2cc(C)c(Br)cn2)c(C)c1. The predicted molar refractivity (Wildman–Crippen MR) is 76.7 cm³/mol. The van der Waals surface area contributed by atoms with Crippen molar-refractivity contribution in [1.29, 1.82) is 0 Å². The summed E-state index contributed by atoms with van der Waals surface area (Å²) in [4.78, 5) is 5.68. The normalized spacial score (nSPS) is 10.6. The molecule has 88 valence electrons. The van der Waals surface area contributed by atoms with Gasteiger partial charge >= 0.3 is 0 Å². The fourth-order valence-corrected chi connectivity index (χ4v) is 2.74. The monoisotopic (exact) mass is 307 g/mol. The Balaban J connectivity index is 2.28. The lowest BCUT2D eigenvalue weighted by molar-refractivity contribution is 1.09. The molecule has 0 atom stereocenters. The molecule has 1 aromatic heterocycles. The molecule has 0 aliphatic heterocycles. The van der Waals surface area contributed by atoms with E-state index in [1.54, 1.807) is 11.8 Å². The van der Waals surface area contributed by atoms with E-state index in [2.05, 4.69) is 66.0 Å². The minimum atomic E-state index is 1.04. The van der Waals surface area contributed by atoms with Gasteiger partial charge in [0, 0.05) is 15.6 Å². The number of hydrogen-bond acceptors (Lipinski definition) is 2. The summed E-state index contributed by atoms with van der Waals surface area (Å²) in [5, 5.41) is 1.04. The second kappa shape index (κ2) is 5.23. The molecule has 3 heteroatoms. The van der Waals surface area contributed by atoms with Crippen LogP contribution in [0.4, 0.5) is 0 Å². The second-order valence-corrected chi connectivity index (χ2v) is 6.06. The molecule has 17 heavy (non-hydrogen) atoms. The average Bonchev–Trinajstić information content (AvgIpc) is 2.27. The molecule has 1 aromatic carbocycles. The van der Waals surface area contributed by atoms with E-state index in [0.717, 1.165) is 9.50 Å². The standard InChI is InChI=1S/C14H14BrNS/c1-9-4-5-13(11(3)6-9)17-14-7-10(2)12(15)8-16-14/h4-8H,1-3H3. The van der Waals surface area contributed by atoms with Crippen LogP contribution in [-0.2, 0) is 0 Å². The average molecular weight is 308 g/mol. The van der Waals surface area contributed by atoms with Gasteiger partial charge in [0.2, 0.25) is 0 Å². The van der Waals surface area contributed by atoms with Crippen molar-refractivity contribution in [1.82, 2.24) is 4.98 Å². The minimum Gasteiger partial charge on any atom is -0.248 e. The maximum absolute atomic E-state index is 4.41. The van der Waals surface area contributed by atoms with Crippen molar-refractivity contribution >= 4 is 27.7 Å². The molecule has 0 aliphatic carbocycles. The number of aryl methyl sites for hydroxylation is 3. The molecule has 0 amide bonds. The highest BCUT2D eigenvalue weighted by Crippen LogP contribution is 2.30. The van der Waals surface area contributed by atoms with Gasteiger partial charge in [-0.2, -0.15) is 0 Å². The maximum atomic E-state index is 4.41. The Morgan fingerprint density at radius 3 is 2.47 bits per heavy atom. The third-order valence-corrected chi connectivity index (χ3v) is 4.51. The molecule has 0 spiro atoms. The minimum absolute atomic E-state index is 1.04. The third kappa shape index (κ3) is 3.11. The summed E-state index contributed by atoms with van der Waals surface area (Å²) in [6.45, 7) is 6.34. The van der Waals surface area contributed by atoms with Crippen LogP contribution in [0.2, 0.25) is 0 Å². The first kappa shape index (κ1) is 12.7. The molecule has 0 unspecified atom stereocenters. The van der Waals surface area contributed by atoms with Crippen molar-refractivity contribution in [2.24, 2.45) is 0 Å². The Kier molecular flexibility index (Phi) is 3.89. The molecule has 2 aromatic rings. The molecule has 2 rings (SSSR count). The van der Waals surface area contributed by atoms with Gasteiger partial charge in [0.05, 0.1) is 0 Å². The molecular formula is C14H14BrNS. The molecule has 0 N–H and O–H groups in total. The number of rotatable bonds is 2. The van der Waals surface area contributed by atoms with Crippen molar-refractivity contribution < 1.29 is 0 Å². The summed E-state index contributed by atoms with van der Waals surface area (Å²) in [5.74, 6) is 0. The summed E-state index contributed by atoms with van der Waals surface area (Å²) < 4.78 is 1.06. The van der Waals surface area contributed by atoms with Crippen molar-refractivity contribution in [3.63, 3.8) is 0 Å². The topological polar surface area (TPSA) is 12.9 Å². The van der Waals surface area contributed by atoms with Gasteiger partial charge in [-0.15, -0.1) is 0 Å². The highest BCUT2D eigenvalue weighted by atomic mass is 79.9. The van der Waals surface area contributed by atoms with Crippen LogP contribution in [0.15, 0.2) is 44.9 Å². The fraction of sp³-hybridized carbons (Fsp3) is 0.214. The van der Waals surface area contributed by atoms with Gasteiger partial charge in [0.1, 0.15) is 5.03 Å². The Bertz CT molecular complexity index is 552. The number of halogens is 1. The fourth-order valence-electron chi connectivity index (χ4n) is 1.60. The Morgan fingerprint density at radius 1 is 1.06 bits per heavy atom. The smallest absolute Gasteiger partial charge is 0.101 e. The lowest BCUT2D eigenvalue weighted by Crippen LogP contribution is -1.86. The highest BCUT2D eigenvalue weighted by molar-refractivity contribution is 9.10. The van der Waals surface area contributed by atoms with Crippen molar-refractivity contribution in [3.8, 4) is 0 Å².